The number of nitro benzene ring substituents is 1. The molecule has 16 heavy (non-hydrogen) atoms. The first-order valence-corrected chi connectivity index (χ1v) is 5.28. The molecule has 0 saturated carbocycles. The van der Waals surface area contributed by atoms with Gasteiger partial charge in [0.05, 0.1) is 16.7 Å². The molecule has 0 heterocycles. The highest BCUT2D eigenvalue weighted by Crippen LogP contribution is 2.21. The van der Waals surface area contributed by atoms with Crippen LogP contribution in [0, 0.1) is 10.1 Å². The highest BCUT2D eigenvalue weighted by molar-refractivity contribution is 5.38. The van der Waals surface area contributed by atoms with E-state index in [1.807, 2.05) is 19.9 Å². The molecule has 0 bridgehead atoms. The summed E-state index contributed by atoms with van der Waals surface area (Å²) in [6.07, 6.45) is 3.63. The van der Waals surface area contributed by atoms with Crippen LogP contribution < -0.4 is 4.74 Å². The minimum atomic E-state index is -0.429. The fourth-order valence-electron chi connectivity index (χ4n) is 1.30. The molecule has 0 unspecified atom stereocenters. The smallest absolute Gasteiger partial charge is 0.273 e. The van der Waals surface area contributed by atoms with Crippen LogP contribution >= 0.6 is 0 Å². The Labute approximate surface area is 94.7 Å². The van der Waals surface area contributed by atoms with Crippen LogP contribution in [0.1, 0.15) is 26.7 Å². The van der Waals surface area contributed by atoms with E-state index in [1.54, 1.807) is 12.1 Å². The van der Waals surface area contributed by atoms with Gasteiger partial charge in [-0.05, 0) is 18.6 Å². The van der Waals surface area contributed by atoms with E-state index < -0.39 is 4.92 Å². The fraction of sp³-hybridized carbons (Fsp3) is 0.333. The number of ether oxygens (including phenoxy) is 1. The zero-order chi connectivity index (χ0) is 12.0. The van der Waals surface area contributed by atoms with Crippen LogP contribution in [-0.2, 0) is 0 Å². The van der Waals surface area contributed by atoms with Gasteiger partial charge >= 0.3 is 0 Å². The van der Waals surface area contributed by atoms with E-state index in [2.05, 4.69) is 0 Å². The molecule has 0 amide bonds. The third-order valence-electron chi connectivity index (χ3n) is 2.06. The molecule has 0 aromatic heterocycles. The summed E-state index contributed by atoms with van der Waals surface area (Å²) in [5, 5.41) is 10.6. The van der Waals surface area contributed by atoms with Gasteiger partial charge in [0.25, 0.3) is 5.69 Å². The van der Waals surface area contributed by atoms with Crippen molar-refractivity contribution in [2.45, 2.75) is 26.7 Å². The molecule has 0 aliphatic carbocycles. The summed E-state index contributed by atoms with van der Waals surface area (Å²) in [5.74, 6) is 1.35. The minimum Gasteiger partial charge on any atom is -0.462 e. The van der Waals surface area contributed by atoms with Gasteiger partial charge in [-0.2, -0.15) is 0 Å². The Balaban J connectivity index is 2.84. The summed E-state index contributed by atoms with van der Waals surface area (Å²) in [6, 6.07) is 6.21. The van der Waals surface area contributed by atoms with E-state index in [4.69, 9.17) is 4.74 Å². The lowest BCUT2D eigenvalue weighted by Crippen LogP contribution is -1.95. The van der Waals surface area contributed by atoms with Gasteiger partial charge in [0.15, 0.2) is 0 Å². The van der Waals surface area contributed by atoms with Gasteiger partial charge in [-0.3, -0.25) is 10.1 Å². The van der Waals surface area contributed by atoms with Crippen LogP contribution in [0.25, 0.3) is 0 Å². The number of benzene rings is 1. The second-order valence-corrected chi connectivity index (χ2v) is 3.29. The Morgan fingerprint density at radius 3 is 2.81 bits per heavy atom. The van der Waals surface area contributed by atoms with E-state index in [0.29, 0.717) is 5.75 Å². The van der Waals surface area contributed by atoms with Gasteiger partial charge in [-0.25, -0.2) is 0 Å². The van der Waals surface area contributed by atoms with Gasteiger partial charge in [0.1, 0.15) is 5.75 Å². The Morgan fingerprint density at radius 1 is 1.50 bits per heavy atom. The molecule has 0 N–H and O–H groups in total. The quantitative estimate of drug-likeness (QED) is 0.433. The standard InChI is InChI=1S/C12H15NO3/c1-3-6-11(4-2)16-12-8-5-7-10(9-12)13(14)15/h5-9H,3-4H2,1-2H3/b11-6-. The Kier molecular flexibility index (Phi) is 4.51. The molecule has 0 radical (unpaired) electrons. The number of allylic oxidation sites excluding steroid dienone is 2. The average molecular weight is 221 g/mol. The van der Waals surface area contributed by atoms with Crippen LogP contribution in [0.15, 0.2) is 36.1 Å². The van der Waals surface area contributed by atoms with Gasteiger partial charge in [0, 0.05) is 12.5 Å². The average Bonchev–Trinajstić information content (AvgIpc) is 2.29. The molecule has 0 aliphatic rings. The van der Waals surface area contributed by atoms with Gasteiger partial charge in [-0.15, -0.1) is 0 Å². The van der Waals surface area contributed by atoms with Gasteiger partial charge in [-0.1, -0.05) is 19.9 Å². The van der Waals surface area contributed by atoms with E-state index >= 15 is 0 Å². The van der Waals surface area contributed by atoms with Crippen LogP contribution in [0.4, 0.5) is 5.69 Å². The molecule has 1 aromatic carbocycles. The Hall–Kier alpha value is -1.84. The highest BCUT2D eigenvalue weighted by Gasteiger charge is 2.07. The summed E-state index contributed by atoms with van der Waals surface area (Å²) < 4.78 is 5.55. The lowest BCUT2D eigenvalue weighted by molar-refractivity contribution is -0.384. The van der Waals surface area contributed by atoms with Crippen molar-refractivity contribution >= 4 is 5.69 Å². The zero-order valence-corrected chi connectivity index (χ0v) is 9.47. The molecule has 1 aromatic rings. The van der Waals surface area contributed by atoms with Crippen molar-refractivity contribution in [3.05, 3.63) is 46.2 Å². The minimum absolute atomic E-state index is 0.0458. The molecule has 4 nitrogen and oxygen atoms in total. The predicted molar refractivity (Wildman–Crippen MR) is 62.4 cm³/mol. The molecular weight excluding hydrogens is 206 g/mol. The van der Waals surface area contributed by atoms with Gasteiger partial charge < -0.3 is 4.74 Å². The predicted octanol–water partition coefficient (Wildman–Crippen LogP) is 3.68. The number of rotatable bonds is 5. The van der Waals surface area contributed by atoms with Gasteiger partial charge in [0.2, 0.25) is 0 Å². The summed E-state index contributed by atoms with van der Waals surface area (Å²) in [6.45, 7) is 4.01. The third kappa shape index (κ3) is 3.38. The van der Waals surface area contributed by atoms with Crippen molar-refractivity contribution in [3.63, 3.8) is 0 Å². The Bertz CT molecular complexity index is 399. The number of nitrogens with zero attached hydrogens (tertiary/aromatic N) is 1. The fourth-order valence-corrected chi connectivity index (χ4v) is 1.30. The lowest BCUT2D eigenvalue weighted by Gasteiger charge is -2.07. The van der Waals surface area contributed by atoms with Crippen molar-refractivity contribution in [2.75, 3.05) is 0 Å². The molecule has 0 spiro atoms. The van der Waals surface area contributed by atoms with Crippen molar-refractivity contribution in [3.8, 4) is 5.75 Å². The van der Waals surface area contributed by atoms with Crippen molar-refractivity contribution < 1.29 is 9.66 Å². The monoisotopic (exact) mass is 221 g/mol. The van der Waals surface area contributed by atoms with Crippen molar-refractivity contribution in [1.29, 1.82) is 0 Å². The van der Waals surface area contributed by atoms with Crippen LogP contribution in [0.2, 0.25) is 0 Å². The van der Waals surface area contributed by atoms with Crippen molar-refractivity contribution in [2.24, 2.45) is 0 Å². The SMILES string of the molecule is CC/C=C(/CC)Oc1cccc([N+](=O)[O-])c1. The number of non-ortho nitro benzene ring substituents is 1. The third-order valence-corrected chi connectivity index (χ3v) is 2.06. The second-order valence-electron chi connectivity index (χ2n) is 3.29. The maximum atomic E-state index is 10.6. The molecule has 0 aliphatic heterocycles. The molecule has 0 fully saturated rings. The summed E-state index contributed by atoms with van der Waals surface area (Å²) >= 11 is 0. The maximum Gasteiger partial charge on any atom is 0.273 e. The zero-order valence-electron chi connectivity index (χ0n) is 9.47. The molecule has 4 heteroatoms. The number of nitro groups is 1. The largest absolute Gasteiger partial charge is 0.462 e. The van der Waals surface area contributed by atoms with Crippen LogP contribution in [0.3, 0.4) is 0 Å². The van der Waals surface area contributed by atoms with Crippen molar-refractivity contribution in [1.82, 2.24) is 0 Å². The lowest BCUT2D eigenvalue weighted by atomic mass is 10.3. The first-order valence-electron chi connectivity index (χ1n) is 5.28. The van der Waals surface area contributed by atoms with E-state index in [0.717, 1.165) is 18.6 Å². The van der Waals surface area contributed by atoms with E-state index in [1.165, 1.54) is 12.1 Å². The topological polar surface area (TPSA) is 52.4 Å². The van der Waals surface area contributed by atoms with Crippen LogP contribution in [0.5, 0.6) is 5.75 Å². The highest BCUT2D eigenvalue weighted by atomic mass is 16.6. The van der Waals surface area contributed by atoms with E-state index in [-0.39, 0.29) is 5.69 Å². The first-order chi connectivity index (χ1) is 7.67. The number of hydrogen-bond acceptors (Lipinski definition) is 3. The Morgan fingerprint density at radius 2 is 2.25 bits per heavy atom. The van der Waals surface area contributed by atoms with E-state index in [9.17, 15) is 10.1 Å². The maximum absolute atomic E-state index is 10.6. The second kappa shape index (κ2) is 5.90. The molecule has 0 atom stereocenters. The first kappa shape index (κ1) is 12.2. The molecule has 1 rings (SSSR count). The summed E-state index contributed by atoms with van der Waals surface area (Å²) in [7, 11) is 0. The molecule has 0 saturated heterocycles. The molecule has 86 valence electrons. The summed E-state index contributed by atoms with van der Waals surface area (Å²) in [4.78, 5) is 10.1. The normalized spacial score (nSPS) is 11.2. The van der Waals surface area contributed by atoms with Crippen LogP contribution in [-0.4, -0.2) is 4.92 Å². The molecular formula is C12H15NO3. The number of hydrogen-bond donors (Lipinski definition) is 0. The summed E-state index contributed by atoms with van der Waals surface area (Å²) in [5.41, 5.74) is 0.0458.